The van der Waals surface area contributed by atoms with Crippen LogP contribution in [0.4, 0.5) is 4.39 Å². The Balaban J connectivity index is 1.89. The van der Waals surface area contributed by atoms with E-state index in [0.717, 1.165) is 17.1 Å². The van der Waals surface area contributed by atoms with E-state index in [0.29, 0.717) is 6.54 Å². The molecule has 0 aliphatic carbocycles. The minimum atomic E-state index is -0.382. The third-order valence-electron chi connectivity index (χ3n) is 2.81. The van der Waals surface area contributed by atoms with E-state index in [4.69, 9.17) is 11.6 Å². The predicted octanol–water partition coefficient (Wildman–Crippen LogP) is 4.52. The van der Waals surface area contributed by atoms with Crippen molar-refractivity contribution in [1.82, 2.24) is 10.3 Å². The number of rotatable bonds is 4. The van der Waals surface area contributed by atoms with Crippen LogP contribution in [0.3, 0.4) is 0 Å². The van der Waals surface area contributed by atoms with Crippen molar-refractivity contribution >= 4 is 22.9 Å². The van der Waals surface area contributed by atoms with Crippen molar-refractivity contribution < 1.29 is 4.39 Å². The van der Waals surface area contributed by atoms with Gasteiger partial charge in [-0.15, -0.1) is 11.3 Å². The van der Waals surface area contributed by atoms with Crippen LogP contribution in [0.1, 0.15) is 36.2 Å². The summed E-state index contributed by atoms with van der Waals surface area (Å²) in [7, 11) is 0. The third kappa shape index (κ3) is 4.01. The van der Waals surface area contributed by atoms with Crippen LogP contribution in [0.25, 0.3) is 0 Å². The Labute approximate surface area is 128 Å². The summed E-state index contributed by atoms with van der Waals surface area (Å²) < 4.78 is 13.0. The Morgan fingerprint density at radius 2 is 2.05 bits per heavy atom. The summed E-state index contributed by atoms with van der Waals surface area (Å²) in [5, 5.41) is 4.62. The van der Waals surface area contributed by atoms with Gasteiger partial charge in [0, 0.05) is 29.6 Å². The lowest BCUT2D eigenvalue weighted by Gasteiger charge is -2.13. The topological polar surface area (TPSA) is 24.9 Å². The van der Waals surface area contributed by atoms with Gasteiger partial charge in [0.15, 0.2) is 0 Å². The quantitative estimate of drug-likeness (QED) is 0.897. The van der Waals surface area contributed by atoms with Crippen molar-refractivity contribution in [2.24, 2.45) is 0 Å². The molecule has 0 amide bonds. The lowest BCUT2D eigenvalue weighted by molar-refractivity contribution is 0.585. The van der Waals surface area contributed by atoms with Crippen molar-refractivity contribution in [2.75, 3.05) is 0 Å². The smallest absolute Gasteiger partial charge is 0.141 e. The molecule has 0 unspecified atom stereocenters. The van der Waals surface area contributed by atoms with Crippen LogP contribution in [0, 0.1) is 5.82 Å². The normalized spacial score (nSPS) is 11.8. The molecule has 1 aromatic heterocycles. The zero-order chi connectivity index (χ0) is 14.8. The fourth-order valence-corrected chi connectivity index (χ4v) is 2.86. The van der Waals surface area contributed by atoms with E-state index in [-0.39, 0.29) is 16.3 Å². The summed E-state index contributed by atoms with van der Waals surface area (Å²) in [6.45, 7) is 7.88. The second kappa shape index (κ2) is 6.20. The molecule has 2 aromatic rings. The van der Waals surface area contributed by atoms with Crippen molar-refractivity contribution in [3.8, 4) is 0 Å². The fourth-order valence-electron chi connectivity index (χ4n) is 1.72. The van der Waals surface area contributed by atoms with Gasteiger partial charge < -0.3 is 5.32 Å². The maximum absolute atomic E-state index is 13.0. The van der Waals surface area contributed by atoms with Gasteiger partial charge in [-0.25, -0.2) is 9.37 Å². The molecule has 0 aliphatic heterocycles. The van der Waals surface area contributed by atoms with Gasteiger partial charge in [0.05, 0.1) is 10.0 Å². The zero-order valence-electron chi connectivity index (χ0n) is 11.8. The molecule has 108 valence electrons. The number of thiazole rings is 1. The summed E-state index contributed by atoms with van der Waals surface area (Å²) >= 11 is 7.47. The number of hydrogen-bond acceptors (Lipinski definition) is 3. The molecule has 1 aromatic carbocycles. The van der Waals surface area contributed by atoms with Crippen molar-refractivity contribution in [3.05, 3.63) is 50.7 Å². The van der Waals surface area contributed by atoms with E-state index in [1.165, 1.54) is 10.9 Å². The van der Waals surface area contributed by atoms with Crippen molar-refractivity contribution in [2.45, 2.75) is 39.3 Å². The molecule has 2 rings (SSSR count). The van der Waals surface area contributed by atoms with Gasteiger partial charge in [-0.2, -0.15) is 0 Å². The fraction of sp³-hybridized carbons (Fsp3) is 0.400. The van der Waals surface area contributed by atoms with Crippen LogP contribution in [0.2, 0.25) is 5.02 Å². The van der Waals surface area contributed by atoms with Gasteiger partial charge in [-0.05, 0) is 17.7 Å². The second-order valence-corrected chi connectivity index (χ2v) is 7.26. The van der Waals surface area contributed by atoms with E-state index in [1.807, 2.05) is 6.20 Å². The maximum Gasteiger partial charge on any atom is 0.141 e. The molecule has 0 fully saturated rings. The third-order valence-corrected chi connectivity index (χ3v) is 4.52. The van der Waals surface area contributed by atoms with Gasteiger partial charge in [0.25, 0.3) is 0 Å². The SMILES string of the molecule is CC(C)(C)c1ncc(CNCc2ccc(F)c(Cl)c2)s1. The molecular weight excluding hydrogens is 295 g/mol. The van der Waals surface area contributed by atoms with Crippen molar-refractivity contribution in [1.29, 1.82) is 0 Å². The summed E-state index contributed by atoms with van der Waals surface area (Å²) in [5.41, 5.74) is 1.06. The first-order chi connectivity index (χ1) is 9.36. The molecule has 0 saturated heterocycles. The van der Waals surface area contributed by atoms with Gasteiger partial charge in [0.2, 0.25) is 0 Å². The van der Waals surface area contributed by atoms with Gasteiger partial charge in [-0.3, -0.25) is 0 Å². The highest BCUT2D eigenvalue weighted by atomic mass is 35.5. The van der Waals surface area contributed by atoms with Crippen LogP contribution >= 0.6 is 22.9 Å². The molecule has 0 atom stereocenters. The average Bonchev–Trinajstić information content (AvgIpc) is 2.82. The average molecular weight is 313 g/mol. The summed E-state index contributed by atoms with van der Waals surface area (Å²) in [6.07, 6.45) is 1.91. The summed E-state index contributed by atoms with van der Waals surface area (Å²) in [4.78, 5) is 5.64. The Morgan fingerprint density at radius 3 is 2.65 bits per heavy atom. The summed E-state index contributed by atoms with van der Waals surface area (Å²) in [5.74, 6) is -0.382. The Morgan fingerprint density at radius 1 is 1.30 bits per heavy atom. The van der Waals surface area contributed by atoms with E-state index in [1.54, 1.807) is 23.5 Å². The van der Waals surface area contributed by atoms with E-state index in [9.17, 15) is 4.39 Å². The number of nitrogens with one attached hydrogen (secondary N) is 1. The van der Waals surface area contributed by atoms with Gasteiger partial charge in [0.1, 0.15) is 5.82 Å². The largest absolute Gasteiger partial charge is 0.308 e. The monoisotopic (exact) mass is 312 g/mol. The van der Waals surface area contributed by atoms with Crippen LogP contribution in [0.5, 0.6) is 0 Å². The molecule has 0 spiro atoms. The number of nitrogens with zero attached hydrogens (tertiary/aromatic N) is 1. The maximum atomic E-state index is 13.0. The lowest BCUT2D eigenvalue weighted by atomic mass is 9.98. The molecule has 20 heavy (non-hydrogen) atoms. The number of aromatic nitrogens is 1. The molecule has 0 bridgehead atoms. The zero-order valence-corrected chi connectivity index (χ0v) is 13.4. The first kappa shape index (κ1) is 15.4. The number of hydrogen-bond donors (Lipinski definition) is 1. The first-order valence-corrected chi connectivity index (χ1v) is 7.65. The van der Waals surface area contributed by atoms with Gasteiger partial charge >= 0.3 is 0 Å². The molecule has 0 radical (unpaired) electrons. The van der Waals surface area contributed by atoms with E-state index < -0.39 is 0 Å². The Hall–Kier alpha value is -0.970. The molecule has 0 aliphatic rings. The van der Waals surface area contributed by atoms with Gasteiger partial charge in [-0.1, -0.05) is 38.4 Å². The van der Waals surface area contributed by atoms with E-state index in [2.05, 4.69) is 31.1 Å². The Kier molecular flexibility index (Phi) is 4.78. The summed E-state index contributed by atoms with van der Waals surface area (Å²) in [6, 6.07) is 4.78. The molecule has 5 heteroatoms. The molecule has 0 saturated carbocycles. The molecule has 2 nitrogen and oxygen atoms in total. The molecule has 1 N–H and O–H groups in total. The highest BCUT2D eigenvalue weighted by molar-refractivity contribution is 7.11. The second-order valence-electron chi connectivity index (χ2n) is 5.73. The predicted molar refractivity (Wildman–Crippen MR) is 82.8 cm³/mol. The number of halogens is 2. The lowest BCUT2D eigenvalue weighted by Crippen LogP contribution is -2.12. The van der Waals surface area contributed by atoms with Crippen molar-refractivity contribution in [3.63, 3.8) is 0 Å². The molecular formula is C15H18ClFN2S. The standard InChI is InChI=1S/C15H18ClFN2S/c1-15(2,3)14-19-9-11(20-14)8-18-7-10-4-5-13(17)12(16)6-10/h4-6,9,18H,7-8H2,1-3H3. The highest BCUT2D eigenvalue weighted by Gasteiger charge is 2.17. The molecule has 1 heterocycles. The Bertz CT molecular complexity index is 590. The van der Waals surface area contributed by atoms with Crippen LogP contribution in [-0.4, -0.2) is 4.98 Å². The highest BCUT2D eigenvalue weighted by Crippen LogP contribution is 2.26. The number of benzene rings is 1. The van der Waals surface area contributed by atoms with Crippen LogP contribution in [-0.2, 0) is 18.5 Å². The minimum Gasteiger partial charge on any atom is -0.308 e. The van der Waals surface area contributed by atoms with E-state index >= 15 is 0 Å². The van der Waals surface area contributed by atoms with Crippen LogP contribution in [0.15, 0.2) is 24.4 Å². The first-order valence-electron chi connectivity index (χ1n) is 6.46. The van der Waals surface area contributed by atoms with Crippen LogP contribution < -0.4 is 5.32 Å². The minimum absolute atomic E-state index is 0.0907.